The number of para-hydroxylation sites is 5. The van der Waals surface area contributed by atoms with Crippen LogP contribution in [0.25, 0.3) is 54.8 Å². The van der Waals surface area contributed by atoms with Crippen LogP contribution in [-0.4, -0.2) is 20.7 Å². The number of fused-ring (bicyclic) bond motifs is 11. The van der Waals surface area contributed by atoms with Crippen LogP contribution in [0.1, 0.15) is 0 Å². The quantitative estimate of drug-likeness (QED) is 0.172. The predicted molar refractivity (Wildman–Crippen MR) is 230 cm³/mol. The minimum absolute atomic E-state index is 0.0336. The Hall–Kier alpha value is -7.31. The maximum Gasteiger partial charge on any atom is 0.252 e. The fraction of sp³-hybridized carbons (Fsp3) is 0. The van der Waals surface area contributed by atoms with E-state index >= 15 is 0 Å². The van der Waals surface area contributed by atoms with Gasteiger partial charge >= 0.3 is 0 Å². The number of hydrogen-bond acceptors (Lipinski definition) is 3. The van der Waals surface area contributed by atoms with Crippen molar-refractivity contribution in [1.29, 1.82) is 0 Å². The molecule has 0 aliphatic carbocycles. The van der Waals surface area contributed by atoms with Gasteiger partial charge in [0.05, 0.1) is 27.6 Å². The van der Waals surface area contributed by atoms with Gasteiger partial charge in [0.25, 0.3) is 6.71 Å². The average Bonchev–Trinajstić information content (AvgIpc) is 3.92. The predicted octanol–water partition coefficient (Wildman–Crippen LogP) is 10.3. The zero-order valence-corrected chi connectivity index (χ0v) is 29.6. The Morgan fingerprint density at radius 3 is 1.67 bits per heavy atom. The van der Waals surface area contributed by atoms with Crippen LogP contribution >= 0.6 is 0 Å². The van der Waals surface area contributed by atoms with Crippen LogP contribution in [0.15, 0.2) is 182 Å². The minimum atomic E-state index is -0.0336. The summed E-state index contributed by atoms with van der Waals surface area (Å²) < 4.78 is 4.72. The van der Waals surface area contributed by atoms with E-state index in [-0.39, 0.29) is 6.71 Å². The van der Waals surface area contributed by atoms with Crippen molar-refractivity contribution in [1.82, 2.24) is 14.0 Å². The molecule has 0 saturated heterocycles. The van der Waals surface area contributed by atoms with E-state index in [4.69, 9.17) is 4.98 Å². The number of hydrogen-bond donors (Lipinski definition) is 0. The highest BCUT2D eigenvalue weighted by atomic mass is 15.2. The highest BCUT2D eigenvalue weighted by Crippen LogP contribution is 2.47. The SMILES string of the molecule is c1ccc(N2c3cc4c5cccc6c7ccccc7n(c4cc3B3c4cc7ncn(-c8ccccc8)c7cc4N(c4ccccc4)c4cccc2c43)c65)cc1. The first-order valence-electron chi connectivity index (χ1n) is 18.9. The van der Waals surface area contributed by atoms with Crippen molar-refractivity contribution < 1.29 is 0 Å². The lowest BCUT2D eigenvalue weighted by Crippen LogP contribution is -2.61. The van der Waals surface area contributed by atoms with E-state index in [0.29, 0.717) is 0 Å². The van der Waals surface area contributed by atoms with Crippen molar-refractivity contribution in [2.45, 2.75) is 0 Å². The molecule has 55 heavy (non-hydrogen) atoms. The standard InChI is InChI=1S/C49H30BN5/c1-4-14-31(15-5-1)52-30-51-40-27-38-46(29-47(40)52)54(33-18-8-3-9-19-33)43-25-13-24-42-48(43)50(38)39-28-44-37(26-45(39)53(42)32-16-6-2-7-17-32)36-22-12-21-35-34-20-10-11-23-41(34)55(44)49(35)36/h1-30H. The first-order chi connectivity index (χ1) is 27.3. The molecule has 0 bridgehead atoms. The molecule has 3 aromatic heterocycles. The van der Waals surface area contributed by atoms with Gasteiger partial charge in [-0.2, -0.15) is 0 Å². The molecule has 0 saturated carbocycles. The Bertz CT molecular complexity index is 3330. The van der Waals surface area contributed by atoms with Crippen LogP contribution in [0.4, 0.5) is 34.1 Å². The van der Waals surface area contributed by atoms with E-state index in [9.17, 15) is 0 Å². The lowest BCUT2D eigenvalue weighted by atomic mass is 9.33. The van der Waals surface area contributed by atoms with Gasteiger partial charge in [-0.1, -0.05) is 97.1 Å². The molecule has 0 unspecified atom stereocenters. The minimum Gasteiger partial charge on any atom is -0.311 e. The Morgan fingerprint density at radius 2 is 0.964 bits per heavy atom. The van der Waals surface area contributed by atoms with Crippen LogP contribution in [0, 0.1) is 0 Å². The second-order valence-electron chi connectivity index (χ2n) is 14.8. The molecule has 0 fully saturated rings. The molecule has 2 aliphatic heterocycles. The number of aromatic nitrogens is 3. The first-order valence-corrected chi connectivity index (χ1v) is 18.9. The second kappa shape index (κ2) is 10.6. The van der Waals surface area contributed by atoms with Gasteiger partial charge in [-0.3, -0.25) is 4.57 Å². The summed E-state index contributed by atoms with van der Waals surface area (Å²) in [6.45, 7) is -0.0336. The Balaban J connectivity index is 1.18. The van der Waals surface area contributed by atoms with Gasteiger partial charge in [-0.05, 0) is 95.3 Å². The van der Waals surface area contributed by atoms with Gasteiger partial charge in [-0.15, -0.1) is 0 Å². The molecule has 0 atom stereocenters. The molecule has 254 valence electrons. The van der Waals surface area contributed by atoms with E-state index in [0.717, 1.165) is 28.1 Å². The van der Waals surface area contributed by atoms with Gasteiger partial charge in [-0.25, -0.2) is 4.98 Å². The molecule has 5 nitrogen and oxygen atoms in total. The normalized spacial score (nSPS) is 13.3. The van der Waals surface area contributed by atoms with Crippen molar-refractivity contribution in [3.8, 4) is 5.69 Å². The van der Waals surface area contributed by atoms with Crippen molar-refractivity contribution in [3.63, 3.8) is 0 Å². The summed E-state index contributed by atoms with van der Waals surface area (Å²) >= 11 is 0. The zero-order valence-electron chi connectivity index (χ0n) is 29.6. The highest BCUT2D eigenvalue weighted by Gasteiger charge is 2.44. The largest absolute Gasteiger partial charge is 0.311 e. The summed E-state index contributed by atoms with van der Waals surface area (Å²) in [5.74, 6) is 0. The maximum absolute atomic E-state index is 5.05. The maximum atomic E-state index is 5.05. The van der Waals surface area contributed by atoms with E-state index in [1.165, 1.54) is 77.2 Å². The van der Waals surface area contributed by atoms with Crippen LogP contribution in [0.2, 0.25) is 0 Å². The topological polar surface area (TPSA) is 28.7 Å². The fourth-order valence-electron chi connectivity index (χ4n) is 9.86. The molecule has 13 rings (SSSR count). The van der Waals surface area contributed by atoms with Crippen LogP contribution in [0.3, 0.4) is 0 Å². The van der Waals surface area contributed by atoms with Gasteiger partial charge in [0.2, 0.25) is 0 Å². The molecule has 2 aliphatic rings. The van der Waals surface area contributed by atoms with Crippen molar-refractivity contribution in [2.24, 2.45) is 0 Å². The summed E-state index contributed by atoms with van der Waals surface area (Å²) in [5, 5.41) is 5.14. The summed E-state index contributed by atoms with van der Waals surface area (Å²) in [7, 11) is 0. The molecule has 0 spiro atoms. The smallest absolute Gasteiger partial charge is 0.252 e. The molecule has 11 aromatic rings. The third-order valence-corrected chi connectivity index (χ3v) is 12.1. The third-order valence-electron chi connectivity index (χ3n) is 12.1. The molecule has 8 aromatic carbocycles. The second-order valence-corrected chi connectivity index (χ2v) is 14.8. The lowest BCUT2D eigenvalue weighted by molar-refractivity contribution is 1.09. The Labute approximate surface area is 317 Å². The number of nitrogens with zero attached hydrogens (tertiary/aromatic N) is 5. The van der Waals surface area contributed by atoms with Gasteiger partial charge < -0.3 is 14.2 Å². The number of imidazole rings is 1. The van der Waals surface area contributed by atoms with Gasteiger partial charge in [0.1, 0.15) is 6.33 Å². The molecule has 0 N–H and O–H groups in total. The monoisotopic (exact) mass is 699 g/mol. The van der Waals surface area contributed by atoms with Crippen molar-refractivity contribution >= 4 is 106 Å². The Kier molecular flexibility index (Phi) is 5.65. The molecule has 6 heteroatoms. The lowest BCUT2D eigenvalue weighted by Gasteiger charge is -2.44. The van der Waals surface area contributed by atoms with Crippen LogP contribution in [0.5, 0.6) is 0 Å². The van der Waals surface area contributed by atoms with E-state index in [2.05, 4.69) is 195 Å². The van der Waals surface area contributed by atoms with Crippen molar-refractivity contribution in [3.05, 3.63) is 182 Å². The number of anilines is 6. The van der Waals surface area contributed by atoms with Crippen molar-refractivity contribution in [2.75, 3.05) is 9.80 Å². The summed E-state index contributed by atoms with van der Waals surface area (Å²) in [4.78, 5) is 10.0. The van der Waals surface area contributed by atoms with Crippen LogP contribution < -0.4 is 26.2 Å². The molecular weight excluding hydrogens is 669 g/mol. The number of rotatable bonds is 3. The molecular formula is C49H30BN5. The Morgan fingerprint density at radius 1 is 0.400 bits per heavy atom. The zero-order chi connectivity index (χ0) is 35.8. The average molecular weight is 700 g/mol. The summed E-state index contributed by atoms with van der Waals surface area (Å²) in [6.07, 6.45) is 1.97. The van der Waals surface area contributed by atoms with Crippen LogP contribution in [-0.2, 0) is 0 Å². The van der Waals surface area contributed by atoms with Gasteiger partial charge in [0.15, 0.2) is 0 Å². The summed E-state index contributed by atoms with van der Waals surface area (Å²) in [5.41, 5.74) is 17.8. The molecule has 5 heterocycles. The fourth-order valence-corrected chi connectivity index (χ4v) is 9.86. The van der Waals surface area contributed by atoms with Gasteiger partial charge in [0, 0.05) is 61.4 Å². The van der Waals surface area contributed by atoms with E-state index in [1.807, 2.05) is 6.33 Å². The van der Waals surface area contributed by atoms with E-state index < -0.39 is 0 Å². The van der Waals surface area contributed by atoms with E-state index in [1.54, 1.807) is 0 Å². The molecule has 0 radical (unpaired) electrons. The number of benzene rings is 8. The summed E-state index contributed by atoms with van der Waals surface area (Å²) in [6, 6.07) is 64.4. The first kappa shape index (κ1) is 29.2. The third kappa shape index (κ3) is 3.80. The highest BCUT2D eigenvalue weighted by molar-refractivity contribution is 7.00. The molecule has 0 amide bonds.